The summed E-state index contributed by atoms with van der Waals surface area (Å²) in [6, 6.07) is 0. The normalized spacial score (nSPS) is 25.9. The zero-order valence-corrected chi connectivity index (χ0v) is 9.50. The van der Waals surface area contributed by atoms with E-state index in [1.807, 2.05) is 18.0 Å². The fraction of sp³-hybridized carbons (Fsp3) is 0.636. The Morgan fingerprint density at radius 2 is 2.40 bits per heavy atom. The van der Waals surface area contributed by atoms with E-state index in [1.54, 1.807) is 6.92 Å². The molecule has 0 aliphatic carbocycles. The first-order valence-electron chi connectivity index (χ1n) is 5.34. The number of rotatable bonds is 1. The molecule has 1 amide bonds. The molecule has 1 aliphatic heterocycles. The van der Waals surface area contributed by atoms with Crippen LogP contribution in [-0.4, -0.2) is 27.3 Å². The van der Waals surface area contributed by atoms with Crippen molar-refractivity contribution < 1.29 is 4.79 Å². The summed E-state index contributed by atoms with van der Waals surface area (Å²) in [5, 5.41) is 0. The SMILES string of the molecule is CC(=O)N1CCC[C@@]1(C)c1ncc(C)[nH]1. The van der Waals surface area contributed by atoms with Gasteiger partial charge in [-0.3, -0.25) is 4.79 Å². The van der Waals surface area contributed by atoms with E-state index in [0.29, 0.717) is 0 Å². The average molecular weight is 207 g/mol. The van der Waals surface area contributed by atoms with Crippen molar-refractivity contribution in [2.75, 3.05) is 6.54 Å². The lowest BCUT2D eigenvalue weighted by Crippen LogP contribution is -2.42. The van der Waals surface area contributed by atoms with Crippen molar-refractivity contribution in [3.63, 3.8) is 0 Å². The number of imidazole rings is 1. The molecule has 0 aromatic carbocycles. The number of amides is 1. The summed E-state index contributed by atoms with van der Waals surface area (Å²) in [6.45, 7) is 6.53. The highest BCUT2D eigenvalue weighted by atomic mass is 16.2. The van der Waals surface area contributed by atoms with Crippen LogP contribution >= 0.6 is 0 Å². The van der Waals surface area contributed by atoms with Gasteiger partial charge in [0.1, 0.15) is 5.82 Å². The first kappa shape index (κ1) is 10.2. The van der Waals surface area contributed by atoms with E-state index in [0.717, 1.165) is 30.9 Å². The topological polar surface area (TPSA) is 49.0 Å². The van der Waals surface area contributed by atoms with Gasteiger partial charge < -0.3 is 9.88 Å². The number of aromatic amines is 1. The molecule has 0 bridgehead atoms. The van der Waals surface area contributed by atoms with Crippen LogP contribution in [0.15, 0.2) is 6.20 Å². The van der Waals surface area contributed by atoms with Crippen LogP contribution in [0.4, 0.5) is 0 Å². The summed E-state index contributed by atoms with van der Waals surface area (Å²) < 4.78 is 0. The standard InChI is InChI=1S/C11H17N3O/c1-8-7-12-10(13-8)11(3)5-4-6-14(11)9(2)15/h7H,4-6H2,1-3H3,(H,12,13)/t11-/m0/s1. The maximum atomic E-state index is 11.5. The van der Waals surface area contributed by atoms with Crippen LogP contribution in [0.1, 0.15) is 38.2 Å². The highest BCUT2D eigenvalue weighted by molar-refractivity contribution is 5.74. The molecule has 4 nitrogen and oxygen atoms in total. The molecule has 1 aromatic rings. The molecule has 0 unspecified atom stereocenters. The predicted octanol–water partition coefficient (Wildman–Crippen LogP) is 1.58. The number of hydrogen-bond donors (Lipinski definition) is 1. The van der Waals surface area contributed by atoms with Gasteiger partial charge in [-0.25, -0.2) is 4.98 Å². The smallest absolute Gasteiger partial charge is 0.220 e. The number of carbonyl (C=O) groups excluding carboxylic acids is 1. The molecule has 82 valence electrons. The van der Waals surface area contributed by atoms with E-state index in [2.05, 4.69) is 16.9 Å². The van der Waals surface area contributed by atoms with Crippen LogP contribution in [0.3, 0.4) is 0 Å². The molecule has 1 saturated heterocycles. The zero-order chi connectivity index (χ0) is 11.1. The van der Waals surface area contributed by atoms with Gasteiger partial charge in [-0.1, -0.05) is 0 Å². The van der Waals surface area contributed by atoms with E-state index >= 15 is 0 Å². The quantitative estimate of drug-likeness (QED) is 0.760. The Morgan fingerprint density at radius 1 is 1.67 bits per heavy atom. The molecule has 0 spiro atoms. The molecule has 0 radical (unpaired) electrons. The highest BCUT2D eigenvalue weighted by Crippen LogP contribution is 2.36. The predicted molar refractivity (Wildman–Crippen MR) is 57.3 cm³/mol. The Bertz CT molecular complexity index is 385. The number of hydrogen-bond acceptors (Lipinski definition) is 2. The second-order valence-corrected chi connectivity index (χ2v) is 4.46. The highest BCUT2D eigenvalue weighted by Gasteiger charge is 2.41. The van der Waals surface area contributed by atoms with E-state index < -0.39 is 0 Å². The third-order valence-corrected chi connectivity index (χ3v) is 3.23. The molecule has 1 N–H and O–H groups in total. The van der Waals surface area contributed by atoms with Gasteiger partial charge in [0.05, 0.1) is 5.54 Å². The van der Waals surface area contributed by atoms with Crippen LogP contribution in [0.5, 0.6) is 0 Å². The van der Waals surface area contributed by atoms with Gasteiger partial charge in [0.15, 0.2) is 0 Å². The molecule has 4 heteroatoms. The van der Waals surface area contributed by atoms with E-state index in [4.69, 9.17) is 0 Å². The number of H-pyrrole nitrogens is 1. The lowest BCUT2D eigenvalue weighted by atomic mass is 9.98. The van der Waals surface area contributed by atoms with Crippen LogP contribution in [0, 0.1) is 6.92 Å². The number of nitrogens with one attached hydrogen (secondary N) is 1. The monoisotopic (exact) mass is 207 g/mol. The number of nitrogens with zero attached hydrogens (tertiary/aromatic N) is 2. The first-order chi connectivity index (χ1) is 7.04. The summed E-state index contributed by atoms with van der Waals surface area (Å²) in [7, 11) is 0. The molecular weight excluding hydrogens is 190 g/mol. The van der Waals surface area contributed by atoms with Gasteiger partial charge in [0.25, 0.3) is 0 Å². The van der Waals surface area contributed by atoms with Crippen molar-refractivity contribution in [2.45, 2.75) is 39.2 Å². The van der Waals surface area contributed by atoms with E-state index in [1.165, 1.54) is 0 Å². The number of aryl methyl sites for hydroxylation is 1. The Labute approximate surface area is 89.7 Å². The summed E-state index contributed by atoms with van der Waals surface area (Å²) in [5.74, 6) is 1.04. The molecule has 2 rings (SSSR count). The van der Waals surface area contributed by atoms with Crippen molar-refractivity contribution >= 4 is 5.91 Å². The summed E-state index contributed by atoms with van der Waals surface area (Å²) in [5.41, 5.74) is 0.807. The van der Waals surface area contributed by atoms with Crippen molar-refractivity contribution in [1.29, 1.82) is 0 Å². The second kappa shape index (κ2) is 3.36. The average Bonchev–Trinajstić information content (AvgIpc) is 2.72. The fourth-order valence-electron chi connectivity index (χ4n) is 2.40. The Kier molecular flexibility index (Phi) is 2.29. The van der Waals surface area contributed by atoms with Crippen LogP contribution in [-0.2, 0) is 10.3 Å². The summed E-state index contributed by atoms with van der Waals surface area (Å²) in [4.78, 5) is 21.0. The van der Waals surface area contributed by atoms with Crippen LogP contribution in [0.2, 0.25) is 0 Å². The van der Waals surface area contributed by atoms with Gasteiger partial charge in [-0.2, -0.15) is 0 Å². The van der Waals surface area contributed by atoms with E-state index in [9.17, 15) is 4.79 Å². The van der Waals surface area contributed by atoms with Gasteiger partial charge in [0, 0.05) is 25.4 Å². The molecule has 1 aromatic heterocycles. The van der Waals surface area contributed by atoms with Crippen LogP contribution in [0.25, 0.3) is 0 Å². The van der Waals surface area contributed by atoms with Gasteiger partial charge in [-0.15, -0.1) is 0 Å². The Hall–Kier alpha value is -1.32. The molecule has 1 atom stereocenters. The molecular formula is C11H17N3O. The fourth-order valence-corrected chi connectivity index (χ4v) is 2.40. The maximum Gasteiger partial charge on any atom is 0.220 e. The number of aromatic nitrogens is 2. The van der Waals surface area contributed by atoms with Crippen molar-refractivity contribution in [3.8, 4) is 0 Å². The lowest BCUT2D eigenvalue weighted by Gasteiger charge is -2.32. The maximum absolute atomic E-state index is 11.5. The molecule has 1 fully saturated rings. The Morgan fingerprint density at radius 3 is 2.93 bits per heavy atom. The van der Waals surface area contributed by atoms with Crippen LogP contribution < -0.4 is 0 Å². The molecule has 15 heavy (non-hydrogen) atoms. The minimum atomic E-state index is -0.236. The molecule has 2 heterocycles. The van der Waals surface area contributed by atoms with Crippen molar-refractivity contribution in [3.05, 3.63) is 17.7 Å². The van der Waals surface area contributed by atoms with Gasteiger partial charge >= 0.3 is 0 Å². The molecule has 0 saturated carbocycles. The largest absolute Gasteiger partial charge is 0.344 e. The third kappa shape index (κ3) is 1.54. The summed E-state index contributed by atoms with van der Waals surface area (Å²) >= 11 is 0. The first-order valence-corrected chi connectivity index (χ1v) is 5.34. The van der Waals surface area contributed by atoms with E-state index in [-0.39, 0.29) is 11.4 Å². The minimum absolute atomic E-state index is 0.129. The van der Waals surface area contributed by atoms with Gasteiger partial charge in [-0.05, 0) is 26.7 Å². The number of likely N-dealkylation sites (tertiary alicyclic amines) is 1. The zero-order valence-electron chi connectivity index (χ0n) is 9.50. The van der Waals surface area contributed by atoms with Gasteiger partial charge in [0.2, 0.25) is 5.91 Å². The van der Waals surface area contributed by atoms with Crippen molar-refractivity contribution in [1.82, 2.24) is 14.9 Å². The van der Waals surface area contributed by atoms with Crippen molar-refractivity contribution in [2.24, 2.45) is 0 Å². The second-order valence-electron chi connectivity index (χ2n) is 4.46. The third-order valence-electron chi connectivity index (χ3n) is 3.23. The lowest BCUT2D eigenvalue weighted by molar-refractivity contribution is -0.132. The number of carbonyl (C=O) groups is 1. The summed E-state index contributed by atoms with van der Waals surface area (Å²) in [6.07, 6.45) is 3.85. The minimum Gasteiger partial charge on any atom is -0.344 e. The Balaban J connectivity index is 2.36. The molecule has 1 aliphatic rings.